The highest BCUT2D eigenvalue weighted by Gasteiger charge is 2.51. The fourth-order valence-corrected chi connectivity index (χ4v) is 7.40. The third-order valence-corrected chi connectivity index (χ3v) is 9.76. The van der Waals surface area contributed by atoms with Crippen molar-refractivity contribution >= 4 is 0 Å². The Morgan fingerprint density at radius 1 is 0.444 bits per heavy atom. The van der Waals surface area contributed by atoms with Crippen LogP contribution in [0.3, 0.4) is 0 Å². The third-order valence-electron chi connectivity index (χ3n) is 9.76. The van der Waals surface area contributed by atoms with Crippen molar-refractivity contribution in [1.29, 1.82) is 0 Å². The van der Waals surface area contributed by atoms with Gasteiger partial charge in [-0.15, -0.1) is 0 Å². The number of quaternary nitrogens is 1. The van der Waals surface area contributed by atoms with Crippen molar-refractivity contribution in [2.24, 2.45) is 0 Å². The van der Waals surface area contributed by atoms with Crippen LogP contribution in [0.25, 0.3) is 11.1 Å². The molecule has 0 spiro atoms. The molecule has 0 amide bonds. The normalized spacial score (nSPS) is 11.7. The van der Waals surface area contributed by atoms with Crippen molar-refractivity contribution in [3.05, 3.63) is 132 Å². The van der Waals surface area contributed by atoms with Gasteiger partial charge in [-0.1, -0.05) is 199 Å². The van der Waals surface area contributed by atoms with Crippen molar-refractivity contribution in [3.63, 3.8) is 0 Å². The number of halogens is 1. The molecular formula is C43H58BrN. The highest BCUT2D eigenvalue weighted by Crippen LogP contribution is 2.48. The van der Waals surface area contributed by atoms with Gasteiger partial charge in [-0.05, 0) is 24.0 Å². The summed E-state index contributed by atoms with van der Waals surface area (Å²) in [4.78, 5) is 0. The second-order valence-electron chi connectivity index (χ2n) is 13.4. The molecule has 4 rings (SSSR count). The summed E-state index contributed by atoms with van der Waals surface area (Å²) < 4.78 is 0.864. The van der Waals surface area contributed by atoms with Crippen molar-refractivity contribution in [3.8, 4) is 11.1 Å². The first-order chi connectivity index (χ1) is 21.6. The van der Waals surface area contributed by atoms with Crippen molar-refractivity contribution in [2.75, 3.05) is 20.6 Å². The Morgan fingerprint density at radius 2 is 0.822 bits per heavy atom. The quantitative estimate of drug-likeness (QED) is 0.0501. The smallest absolute Gasteiger partial charge is 0.176 e. The lowest BCUT2D eigenvalue weighted by atomic mass is 9.71. The summed E-state index contributed by atoms with van der Waals surface area (Å²) in [5.41, 5.74) is 6.31. The lowest BCUT2D eigenvalue weighted by Gasteiger charge is -2.50. The Bertz CT molecular complexity index is 1280. The van der Waals surface area contributed by atoms with Crippen molar-refractivity contribution in [1.82, 2.24) is 0 Å². The molecule has 2 heteroatoms. The average Bonchev–Trinajstić information content (AvgIpc) is 3.07. The van der Waals surface area contributed by atoms with E-state index in [0.717, 1.165) is 11.0 Å². The molecule has 45 heavy (non-hydrogen) atoms. The van der Waals surface area contributed by atoms with E-state index >= 15 is 0 Å². The van der Waals surface area contributed by atoms with Gasteiger partial charge in [0.15, 0.2) is 5.54 Å². The summed E-state index contributed by atoms with van der Waals surface area (Å²) in [6, 6.07) is 42.6. The fourth-order valence-electron chi connectivity index (χ4n) is 7.40. The molecule has 0 N–H and O–H groups in total. The molecule has 0 atom stereocenters. The van der Waals surface area contributed by atoms with Crippen LogP contribution in [0.15, 0.2) is 115 Å². The van der Waals surface area contributed by atoms with Crippen LogP contribution in [0.1, 0.15) is 114 Å². The first kappa shape index (κ1) is 36.8. The van der Waals surface area contributed by atoms with Gasteiger partial charge >= 0.3 is 0 Å². The summed E-state index contributed by atoms with van der Waals surface area (Å²) in [6.07, 6.45) is 19.5. The second-order valence-corrected chi connectivity index (χ2v) is 13.4. The zero-order chi connectivity index (χ0) is 30.9. The van der Waals surface area contributed by atoms with Gasteiger partial charge in [-0.25, -0.2) is 0 Å². The third kappa shape index (κ3) is 9.90. The summed E-state index contributed by atoms with van der Waals surface area (Å²) in [7, 11) is 4.92. The Kier molecular flexibility index (Phi) is 16.1. The maximum atomic E-state index is 2.46. The standard InChI is InChI=1S/C43H58N.BrH/c1-4-5-6-7-8-9-10-11-12-13-14-15-16-28-37-44(2,3)43(39-31-22-18-23-32-39,40-33-24-19-25-34-40)42-36-27-26-35-41(42)38-29-20-17-21-30-38;/h17-27,29-36H,4-16,28,37H2,1-3H3;1H/q+1;/p-1. The lowest BCUT2D eigenvalue weighted by Crippen LogP contribution is -3.00. The molecular weight excluding hydrogens is 610 g/mol. The molecule has 0 aliphatic rings. The van der Waals surface area contributed by atoms with E-state index in [1.54, 1.807) is 0 Å². The molecule has 0 fully saturated rings. The molecule has 0 heterocycles. The predicted octanol–water partition coefficient (Wildman–Crippen LogP) is 9.21. The maximum Gasteiger partial charge on any atom is 0.176 e. The fraction of sp³-hybridized carbons (Fsp3) is 0.442. The van der Waals surface area contributed by atoms with Crippen molar-refractivity contribution < 1.29 is 21.5 Å². The summed E-state index contributed by atoms with van der Waals surface area (Å²) >= 11 is 0. The first-order valence-electron chi connectivity index (χ1n) is 17.7. The van der Waals surface area contributed by atoms with Gasteiger partial charge < -0.3 is 21.5 Å². The summed E-state index contributed by atoms with van der Waals surface area (Å²) in [6.45, 7) is 3.42. The molecule has 1 nitrogen and oxygen atoms in total. The van der Waals surface area contributed by atoms with Gasteiger partial charge in [-0.3, -0.25) is 0 Å². The van der Waals surface area contributed by atoms with E-state index in [4.69, 9.17) is 0 Å². The highest BCUT2D eigenvalue weighted by atomic mass is 79.9. The van der Waals surface area contributed by atoms with Crippen LogP contribution in [0.2, 0.25) is 0 Å². The van der Waals surface area contributed by atoms with E-state index in [2.05, 4.69) is 136 Å². The Hall–Kier alpha value is -2.68. The van der Waals surface area contributed by atoms with Crippen LogP contribution in [0.4, 0.5) is 0 Å². The summed E-state index contributed by atoms with van der Waals surface area (Å²) in [5, 5.41) is 0. The summed E-state index contributed by atoms with van der Waals surface area (Å²) in [5.74, 6) is 0. The zero-order valence-electron chi connectivity index (χ0n) is 28.4. The van der Waals surface area contributed by atoms with Crippen LogP contribution < -0.4 is 17.0 Å². The van der Waals surface area contributed by atoms with Gasteiger partial charge in [0.05, 0.1) is 20.6 Å². The van der Waals surface area contributed by atoms with E-state index in [-0.39, 0.29) is 22.5 Å². The number of hydrogen-bond donors (Lipinski definition) is 0. The topological polar surface area (TPSA) is 0 Å². The largest absolute Gasteiger partial charge is 1.00 e. The molecule has 4 aromatic carbocycles. The lowest BCUT2D eigenvalue weighted by molar-refractivity contribution is -0.936. The monoisotopic (exact) mass is 667 g/mol. The van der Waals surface area contributed by atoms with E-state index in [1.165, 1.54) is 118 Å². The van der Waals surface area contributed by atoms with Crippen LogP contribution in [-0.4, -0.2) is 25.1 Å². The van der Waals surface area contributed by atoms with Gasteiger partial charge in [0, 0.05) is 16.7 Å². The van der Waals surface area contributed by atoms with E-state index in [1.807, 2.05) is 0 Å². The number of benzene rings is 4. The van der Waals surface area contributed by atoms with E-state index < -0.39 is 0 Å². The van der Waals surface area contributed by atoms with E-state index in [0.29, 0.717) is 0 Å². The number of hydrogen-bond acceptors (Lipinski definition) is 0. The molecule has 0 aliphatic carbocycles. The Morgan fingerprint density at radius 3 is 1.29 bits per heavy atom. The predicted molar refractivity (Wildman–Crippen MR) is 192 cm³/mol. The molecule has 0 aromatic heterocycles. The van der Waals surface area contributed by atoms with Crippen molar-refractivity contribution in [2.45, 2.75) is 102 Å². The van der Waals surface area contributed by atoms with Gasteiger partial charge in [-0.2, -0.15) is 0 Å². The molecule has 0 radical (unpaired) electrons. The SMILES string of the molecule is CCCCCCCCCCCCCCCC[N+](C)(C)C(c1ccccc1)(c1ccccc1)c1ccccc1-c1ccccc1.[Br-]. The van der Waals surface area contributed by atoms with Crippen LogP contribution in [-0.2, 0) is 5.54 Å². The average molecular weight is 669 g/mol. The molecule has 0 bridgehead atoms. The highest BCUT2D eigenvalue weighted by molar-refractivity contribution is 5.71. The van der Waals surface area contributed by atoms with Crippen LogP contribution in [0.5, 0.6) is 0 Å². The van der Waals surface area contributed by atoms with Gasteiger partial charge in [0.1, 0.15) is 0 Å². The zero-order valence-corrected chi connectivity index (χ0v) is 30.0. The number of rotatable bonds is 20. The molecule has 0 aliphatic heterocycles. The minimum absolute atomic E-state index is 0. The first-order valence-corrected chi connectivity index (χ1v) is 17.7. The van der Waals surface area contributed by atoms with Gasteiger partial charge in [0.25, 0.3) is 0 Å². The number of nitrogens with zero attached hydrogens (tertiary/aromatic N) is 1. The Balaban J connectivity index is 0.00000552. The molecule has 0 saturated carbocycles. The molecule has 0 unspecified atom stereocenters. The molecule has 0 saturated heterocycles. The van der Waals surface area contributed by atoms with E-state index in [9.17, 15) is 0 Å². The minimum atomic E-state index is -0.356. The maximum absolute atomic E-state index is 2.46. The molecule has 242 valence electrons. The minimum Gasteiger partial charge on any atom is -1.00 e. The molecule has 4 aromatic rings. The van der Waals surface area contributed by atoms with Crippen LogP contribution in [0, 0.1) is 0 Å². The van der Waals surface area contributed by atoms with Crippen LogP contribution >= 0.6 is 0 Å². The second kappa shape index (κ2) is 19.7. The Labute approximate surface area is 286 Å². The number of unbranched alkanes of at least 4 members (excludes halogenated alkanes) is 13. The van der Waals surface area contributed by atoms with Gasteiger partial charge in [0.2, 0.25) is 0 Å².